The Morgan fingerprint density at radius 1 is 1.21 bits per heavy atom. The second-order valence-electron chi connectivity index (χ2n) is 4.21. The Balaban J connectivity index is 2.13. The maximum atomic E-state index is 11.4. The first kappa shape index (κ1) is 15.1. The maximum absolute atomic E-state index is 11.4. The maximum Gasteiger partial charge on any atom is 0.333 e. The number of nitrogens with zero attached hydrogens (tertiary/aromatic N) is 1. The molecule has 0 aliphatic carbocycles. The fourth-order valence-corrected chi connectivity index (χ4v) is 1.55. The summed E-state index contributed by atoms with van der Waals surface area (Å²) in [6, 6.07) is 0. The average Bonchev–Trinajstić information content (AvgIpc) is 2.69. The molecule has 0 saturated carbocycles. The SMILES string of the molecule is CCC(=O)NCCCCC(=O)ON1C(=O)CCC1=O. The highest BCUT2D eigenvalue weighted by molar-refractivity contribution is 6.01. The number of hydrogen-bond donors (Lipinski definition) is 1. The van der Waals surface area contributed by atoms with Crippen LogP contribution in [0.2, 0.25) is 0 Å². The van der Waals surface area contributed by atoms with Gasteiger partial charge in [-0.15, -0.1) is 5.06 Å². The molecule has 1 N–H and O–H groups in total. The number of imide groups is 1. The van der Waals surface area contributed by atoms with Crippen LogP contribution in [0.25, 0.3) is 0 Å². The van der Waals surface area contributed by atoms with Crippen LogP contribution in [0, 0.1) is 0 Å². The van der Waals surface area contributed by atoms with Crippen molar-refractivity contribution in [2.45, 2.75) is 45.4 Å². The zero-order valence-corrected chi connectivity index (χ0v) is 10.9. The van der Waals surface area contributed by atoms with Crippen molar-refractivity contribution in [1.29, 1.82) is 0 Å². The van der Waals surface area contributed by atoms with Gasteiger partial charge in [0, 0.05) is 32.2 Å². The van der Waals surface area contributed by atoms with Gasteiger partial charge in [-0.3, -0.25) is 14.4 Å². The number of carbonyl (C=O) groups is 4. The van der Waals surface area contributed by atoms with E-state index in [0.717, 1.165) is 0 Å². The van der Waals surface area contributed by atoms with Crippen molar-refractivity contribution in [3.05, 3.63) is 0 Å². The van der Waals surface area contributed by atoms with E-state index in [4.69, 9.17) is 4.84 Å². The molecule has 1 aliphatic heterocycles. The molecule has 19 heavy (non-hydrogen) atoms. The van der Waals surface area contributed by atoms with Crippen molar-refractivity contribution in [3.63, 3.8) is 0 Å². The fraction of sp³-hybridized carbons (Fsp3) is 0.667. The fourth-order valence-electron chi connectivity index (χ4n) is 1.55. The van der Waals surface area contributed by atoms with Gasteiger partial charge in [0.1, 0.15) is 0 Å². The van der Waals surface area contributed by atoms with E-state index < -0.39 is 17.8 Å². The Hall–Kier alpha value is -1.92. The normalized spacial score (nSPS) is 14.7. The topological polar surface area (TPSA) is 92.8 Å². The predicted octanol–water partition coefficient (Wildman–Crippen LogP) is 0.290. The number of nitrogens with one attached hydrogen (secondary N) is 1. The van der Waals surface area contributed by atoms with Gasteiger partial charge < -0.3 is 10.2 Å². The first-order valence-electron chi connectivity index (χ1n) is 6.38. The summed E-state index contributed by atoms with van der Waals surface area (Å²) in [6.45, 7) is 2.26. The van der Waals surface area contributed by atoms with Crippen LogP contribution < -0.4 is 5.32 Å². The van der Waals surface area contributed by atoms with Crippen molar-refractivity contribution in [2.75, 3.05) is 6.54 Å². The molecule has 7 nitrogen and oxygen atoms in total. The van der Waals surface area contributed by atoms with Gasteiger partial charge in [0.15, 0.2) is 0 Å². The zero-order chi connectivity index (χ0) is 14.3. The van der Waals surface area contributed by atoms with Crippen LogP contribution in [0.1, 0.15) is 45.4 Å². The van der Waals surface area contributed by atoms with Crippen molar-refractivity contribution in [2.24, 2.45) is 0 Å². The predicted molar refractivity (Wildman–Crippen MR) is 64.3 cm³/mol. The van der Waals surface area contributed by atoms with Crippen LogP contribution in [0.5, 0.6) is 0 Å². The smallest absolute Gasteiger partial charge is 0.333 e. The molecule has 1 heterocycles. The number of hydrogen-bond acceptors (Lipinski definition) is 5. The van der Waals surface area contributed by atoms with Crippen LogP contribution in [-0.4, -0.2) is 35.3 Å². The largest absolute Gasteiger partial charge is 0.356 e. The molecule has 1 aliphatic rings. The molecule has 1 saturated heterocycles. The standard InChI is InChI=1S/C12H18N2O5/c1-2-9(15)13-8-4-3-5-12(18)19-14-10(16)6-7-11(14)17/h2-8H2,1H3,(H,13,15). The molecule has 0 unspecified atom stereocenters. The van der Waals surface area contributed by atoms with Crippen molar-refractivity contribution < 1.29 is 24.0 Å². The lowest BCUT2D eigenvalue weighted by Crippen LogP contribution is -2.32. The Kier molecular flexibility index (Phi) is 5.98. The highest BCUT2D eigenvalue weighted by Crippen LogP contribution is 2.13. The van der Waals surface area contributed by atoms with Gasteiger partial charge in [0.25, 0.3) is 11.8 Å². The third-order valence-electron chi connectivity index (χ3n) is 2.65. The van der Waals surface area contributed by atoms with Gasteiger partial charge >= 0.3 is 5.97 Å². The summed E-state index contributed by atoms with van der Waals surface area (Å²) >= 11 is 0. The van der Waals surface area contributed by atoms with E-state index in [9.17, 15) is 19.2 Å². The van der Waals surface area contributed by atoms with Crippen molar-refractivity contribution in [1.82, 2.24) is 10.4 Å². The van der Waals surface area contributed by atoms with Crippen LogP contribution in [0.3, 0.4) is 0 Å². The first-order chi connectivity index (χ1) is 9.04. The summed E-state index contributed by atoms with van der Waals surface area (Å²) < 4.78 is 0. The molecular weight excluding hydrogens is 252 g/mol. The number of hydroxylamine groups is 2. The molecule has 3 amide bonds. The lowest BCUT2D eigenvalue weighted by molar-refractivity contribution is -0.197. The Morgan fingerprint density at radius 3 is 2.42 bits per heavy atom. The number of unbranched alkanes of at least 4 members (excludes halogenated alkanes) is 1. The lowest BCUT2D eigenvalue weighted by atomic mass is 10.2. The summed E-state index contributed by atoms with van der Waals surface area (Å²) in [5, 5.41) is 3.23. The molecule has 7 heteroatoms. The summed E-state index contributed by atoms with van der Waals surface area (Å²) in [4.78, 5) is 49.4. The van der Waals surface area contributed by atoms with E-state index in [-0.39, 0.29) is 25.2 Å². The summed E-state index contributed by atoms with van der Waals surface area (Å²) in [5.74, 6) is -1.59. The second-order valence-corrected chi connectivity index (χ2v) is 4.21. The molecule has 0 aromatic carbocycles. The number of rotatable bonds is 7. The first-order valence-corrected chi connectivity index (χ1v) is 6.38. The van der Waals surface area contributed by atoms with Crippen LogP contribution in [0.4, 0.5) is 0 Å². The minimum atomic E-state index is -0.606. The van der Waals surface area contributed by atoms with E-state index >= 15 is 0 Å². The van der Waals surface area contributed by atoms with Gasteiger partial charge in [0.05, 0.1) is 0 Å². The van der Waals surface area contributed by atoms with Crippen LogP contribution >= 0.6 is 0 Å². The second kappa shape index (κ2) is 7.50. The summed E-state index contributed by atoms with van der Waals surface area (Å²) in [6.07, 6.45) is 1.90. The summed E-state index contributed by atoms with van der Waals surface area (Å²) in [5.41, 5.74) is 0. The molecule has 0 bridgehead atoms. The van der Waals surface area contributed by atoms with E-state index in [1.165, 1.54) is 0 Å². The van der Waals surface area contributed by atoms with Crippen molar-refractivity contribution in [3.8, 4) is 0 Å². The molecule has 1 fully saturated rings. The van der Waals surface area contributed by atoms with Crippen LogP contribution in [0.15, 0.2) is 0 Å². The Morgan fingerprint density at radius 2 is 1.84 bits per heavy atom. The molecule has 0 aromatic heterocycles. The number of carbonyl (C=O) groups excluding carboxylic acids is 4. The molecule has 0 aromatic rings. The van der Waals surface area contributed by atoms with Crippen LogP contribution in [-0.2, 0) is 24.0 Å². The molecule has 0 spiro atoms. The highest BCUT2D eigenvalue weighted by Gasteiger charge is 2.32. The van der Waals surface area contributed by atoms with E-state index in [1.54, 1.807) is 6.92 Å². The van der Waals surface area contributed by atoms with Gasteiger partial charge in [-0.25, -0.2) is 4.79 Å². The Bertz CT molecular complexity index is 364. The third-order valence-corrected chi connectivity index (χ3v) is 2.65. The number of amides is 3. The monoisotopic (exact) mass is 270 g/mol. The van der Waals surface area contributed by atoms with Crippen molar-refractivity contribution >= 4 is 23.7 Å². The molecule has 0 radical (unpaired) electrons. The quantitative estimate of drug-likeness (QED) is 0.530. The van der Waals surface area contributed by atoms with E-state index in [0.29, 0.717) is 30.9 Å². The van der Waals surface area contributed by atoms with Gasteiger partial charge in [-0.05, 0) is 12.8 Å². The molecule has 0 atom stereocenters. The van der Waals surface area contributed by atoms with E-state index in [2.05, 4.69) is 5.32 Å². The minimum absolute atomic E-state index is 0.0316. The molecule has 106 valence electrons. The minimum Gasteiger partial charge on any atom is -0.356 e. The summed E-state index contributed by atoms with van der Waals surface area (Å²) in [7, 11) is 0. The Labute approximate surface area is 111 Å². The van der Waals surface area contributed by atoms with Gasteiger partial charge in [0.2, 0.25) is 5.91 Å². The third kappa shape index (κ3) is 5.07. The van der Waals surface area contributed by atoms with Gasteiger partial charge in [-0.1, -0.05) is 6.92 Å². The zero-order valence-electron chi connectivity index (χ0n) is 10.9. The lowest BCUT2D eigenvalue weighted by Gasteiger charge is -2.12. The average molecular weight is 270 g/mol. The van der Waals surface area contributed by atoms with E-state index in [1.807, 2.05) is 0 Å². The van der Waals surface area contributed by atoms with Gasteiger partial charge in [-0.2, -0.15) is 0 Å². The molecule has 1 rings (SSSR count). The molecular formula is C12H18N2O5. The highest BCUT2D eigenvalue weighted by atomic mass is 16.7.